The summed E-state index contributed by atoms with van der Waals surface area (Å²) in [5, 5.41) is 10.3. The largest absolute Gasteiger partial charge is 0.485 e. The van der Waals surface area contributed by atoms with Crippen LogP contribution >= 0.6 is 11.6 Å². The maximum Gasteiger partial charge on any atom is 0.354 e. The number of carboxylic acids is 1. The molecule has 44 heavy (non-hydrogen) atoms. The van der Waals surface area contributed by atoms with Gasteiger partial charge in [0.15, 0.2) is 22.9 Å². The van der Waals surface area contributed by atoms with Crippen molar-refractivity contribution in [2.45, 2.75) is 51.0 Å². The van der Waals surface area contributed by atoms with Gasteiger partial charge in [-0.1, -0.05) is 29.8 Å². The van der Waals surface area contributed by atoms with E-state index in [1.807, 2.05) is 10.6 Å². The molecule has 5 heterocycles. The number of pyridine rings is 1. The number of furan rings is 1. The van der Waals surface area contributed by atoms with Crippen molar-refractivity contribution in [2.24, 2.45) is 0 Å². The van der Waals surface area contributed by atoms with Crippen molar-refractivity contribution in [3.05, 3.63) is 88.0 Å². The van der Waals surface area contributed by atoms with Crippen LogP contribution in [-0.2, 0) is 24.4 Å². The average Bonchev–Trinajstić information content (AvgIpc) is 3.55. The summed E-state index contributed by atoms with van der Waals surface area (Å²) in [6.07, 6.45) is 2.54. The zero-order valence-electron chi connectivity index (χ0n) is 23.6. The molecule has 0 spiro atoms. The number of carbonyl (C=O) groups is 1. The van der Waals surface area contributed by atoms with Gasteiger partial charge >= 0.3 is 5.97 Å². The van der Waals surface area contributed by atoms with Crippen LogP contribution in [0.5, 0.6) is 5.75 Å². The topological polar surface area (TPSA) is 103 Å². The molecular formula is C32H29ClF2N4O5. The number of benzene rings is 2. The number of nitrogens with zero attached hydrogens (tertiary/aromatic N) is 4. The van der Waals surface area contributed by atoms with Crippen molar-refractivity contribution in [3.8, 4) is 5.75 Å². The fourth-order valence-corrected chi connectivity index (χ4v) is 6.30. The molecule has 5 aromatic rings. The summed E-state index contributed by atoms with van der Waals surface area (Å²) in [4.78, 5) is 23.0. The number of hydrogen-bond acceptors (Lipinski definition) is 7. The molecule has 2 aliphatic rings. The van der Waals surface area contributed by atoms with Gasteiger partial charge < -0.3 is 23.6 Å². The summed E-state index contributed by atoms with van der Waals surface area (Å²) in [7, 11) is 0. The van der Waals surface area contributed by atoms with Crippen LogP contribution in [0.25, 0.3) is 22.1 Å². The van der Waals surface area contributed by atoms with E-state index in [2.05, 4.69) is 9.88 Å². The second-order valence-corrected chi connectivity index (χ2v) is 11.7. The maximum absolute atomic E-state index is 15.1. The zero-order chi connectivity index (χ0) is 30.4. The van der Waals surface area contributed by atoms with E-state index < -0.39 is 17.8 Å². The summed E-state index contributed by atoms with van der Waals surface area (Å²) in [5.41, 5.74) is 2.81. The number of fused-ring (bicyclic) bond motifs is 2. The fraction of sp³-hybridized carbons (Fsp3) is 0.344. The number of piperidine rings is 1. The molecule has 9 nitrogen and oxygen atoms in total. The van der Waals surface area contributed by atoms with Crippen molar-refractivity contribution in [1.82, 2.24) is 19.4 Å². The molecule has 0 amide bonds. The Balaban J connectivity index is 1.07. The molecular weight excluding hydrogens is 594 g/mol. The predicted molar refractivity (Wildman–Crippen MR) is 158 cm³/mol. The highest BCUT2D eigenvalue weighted by atomic mass is 35.5. The second kappa shape index (κ2) is 11.8. The third-order valence-electron chi connectivity index (χ3n) is 8.51. The van der Waals surface area contributed by atoms with Crippen LogP contribution in [0, 0.1) is 11.8 Å². The number of para-hydroxylation sites is 1. The quantitative estimate of drug-likeness (QED) is 0.197. The highest BCUT2D eigenvalue weighted by Gasteiger charge is 2.28. The standard InChI is InChI=1S/C32H29ClF2N4O5/c33-23-5-4-19(29-22(23)14-27(35)44-29)17-43-30-21(2-1-3-24(30)34)18-8-11-38(12-9-18)16-28-36-25-6-7-26(32(40)41)37-31(25)39(28)15-20-10-13-42-20/h1-7,14,18,20H,8-13,15-17H2,(H,40,41)/t20-/m0/s1. The van der Waals surface area contributed by atoms with E-state index in [4.69, 9.17) is 30.5 Å². The number of hydrogen-bond donors (Lipinski definition) is 1. The number of rotatable bonds is 9. The van der Waals surface area contributed by atoms with Gasteiger partial charge in [-0.15, -0.1) is 0 Å². The van der Waals surface area contributed by atoms with Gasteiger partial charge in [-0.3, -0.25) is 4.90 Å². The third kappa shape index (κ3) is 5.51. The molecule has 0 radical (unpaired) electrons. The lowest BCUT2D eigenvalue weighted by Gasteiger charge is -2.33. The monoisotopic (exact) mass is 622 g/mol. The highest BCUT2D eigenvalue weighted by Crippen LogP contribution is 2.37. The van der Waals surface area contributed by atoms with E-state index in [1.54, 1.807) is 24.3 Å². The van der Waals surface area contributed by atoms with Crippen molar-refractivity contribution in [3.63, 3.8) is 0 Å². The summed E-state index contributed by atoms with van der Waals surface area (Å²) in [6.45, 7) is 3.34. The minimum Gasteiger partial charge on any atom is -0.485 e. The average molecular weight is 623 g/mol. The van der Waals surface area contributed by atoms with Crippen LogP contribution in [0.4, 0.5) is 8.78 Å². The van der Waals surface area contributed by atoms with E-state index in [-0.39, 0.29) is 35.7 Å². The number of imidazole rings is 1. The van der Waals surface area contributed by atoms with E-state index in [1.165, 1.54) is 18.2 Å². The number of halogens is 3. The molecule has 3 aromatic heterocycles. The minimum atomic E-state index is -1.08. The van der Waals surface area contributed by atoms with Gasteiger partial charge in [0.05, 0.1) is 24.2 Å². The molecule has 0 aliphatic carbocycles. The lowest BCUT2D eigenvalue weighted by molar-refractivity contribution is -0.0593. The van der Waals surface area contributed by atoms with Crippen LogP contribution in [0.2, 0.25) is 5.02 Å². The molecule has 2 fully saturated rings. The Morgan fingerprint density at radius 3 is 2.66 bits per heavy atom. The van der Waals surface area contributed by atoms with Gasteiger partial charge in [0.1, 0.15) is 23.5 Å². The van der Waals surface area contributed by atoms with E-state index in [0.717, 1.165) is 43.7 Å². The van der Waals surface area contributed by atoms with E-state index in [0.29, 0.717) is 46.8 Å². The molecule has 1 N–H and O–H groups in total. The molecule has 2 saturated heterocycles. The third-order valence-corrected chi connectivity index (χ3v) is 8.84. The lowest BCUT2D eigenvalue weighted by Crippen LogP contribution is -2.35. The smallest absolute Gasteiger partial charge is 0.354 e. The number of aromatic nitrogens is 3. The van der Waals surface area contributed by atoms with Crippen LogP contribution < -0.4 is 4.74 Å². The second-order valence-electron chi connectivity index (χ2n) is 11.3. The highest BCUT2D eigenvalue weighted by molar-refractivity contribution is 6.35. The first kappa shape index (κ1) is 28.7. The first-order valence-corrected chi connectivity index (χ1v) is 14.9. The van der Waals surface area contributed by atoms with Gasteiger partial charge in [0.25, 0.3) is 6.01 Å². The number of likely N-dealkylation sites (tertiary alicyclic amines) is 1. The number of carboxylic acid groups (broad SMARTS) is 1. The van der Waals surface area contributed by atoms with Crippen molar-refractivity contribution >= 4 is 39.7 Å². The molecule has 1 atom stereocenters. The van der Waals surface area contributed by atoms with Crippen molar-refractivity contribution < 1.29 is 32.6 Å². The maximum atomic E-state index is 15.1. The van der Waals surface area contributed by atoms with Crippen molar-refractivity contribution in [2.75, 3.05) is 19.7 Å². The van der Waals surface area contributed by atoms with Gasteiger partial charge in [-0.2, -0.15) is 4.39 Å². The first-order valence-electron chi connectivity index (χ1n) is 14.5. The molecule has 2 aliphatic heterocycles. The zero-order valence-corrected chi connectivity index (χ0v) is 24.4. The van der Waals surface area contributed by atoms with Crippen molar-refractivity contribution in [1.29, 1.82) is 0 Å². The Bertz CT molecular complexity index is 1860. The Morgan fingerprint density at radius 1 is 1.09 bits per heavy atom. The minimum absolute atomic E-state index is 0.00798. The van der Waals surface area contributed by atoms with Crippen LogP contribution in [-0.4, -0.2) is 56.3 Å². The Hall–Kier alpha value is -4.06. The van der Waals surface area contributed by atoms with Gasteiger partial charge in [0.2, 0.25) is 0 Å². The molecule has 2 aromatic carbocycles. The van der Waals surface area contributed by atoms with E-state index in [9.17, 15) is 14.3 Å². The molecule has 0 bridgehead atoms. The van der Waals surface area contributed by atoms with Gasteiger partial charge in [0, 0.05) is 29.2 Å². The van der Waals surface area contributed by atoms with Crippen LogP contribution in [0.15, 0.2) is 52.9 Å². The number of ether oxygens (including phenoxy) is 2. The molecule has 0 saturated carbocycles. The summed E-state index contributed by atoms with van der Waals surface area (Å²) >= 11 is 6.19. The predicted octanol–water partition coefficient (Wildman–Crippen LogP) is 6.55. The Morgan fingerprint density at radius 2 is 1.91 bits per heavy atom. The molecule has 12 heteroatoms. The SMILES string of the molecule is O=C(O)c1ccc2nc(CN3CCC(c4cccc(F)c4OCc4ccc(Cl)c5cc(F)oc45)CC3)n(C[C@@H]3CCO3)c2n1. The Labute approximate surface area is 256 Å². The lowest BCUT2D eigenvalue weighted by atomic mass is 9.88. The summed E-state index contributed by atoms with van der Waals surface area (Å²) < 4.78 is 47.8. The van der Waals surface area contributed by atoms with Crippen LogP contribution in [0.1, 0.15) is 52.6 Å². The summed E-state index contributed by atoms with van der Waals surface area (Å²) in [6, 6.07) is 11.9. The normalized spacial score (nSPS) is 17.8. The molecule has 0 unspecified atom stereocenters. The summed E-state index contributed by atoms with van der Waals surface area (Å²) in [5.74, 6) is -0.475. The Kier molecular flexibility index (Phi) is 7.69. The molecule has 7 rings (SSSR count). The van der Waals surface area contributed by atoms with Gasteiger partial charge in [-0.25, -0.2) is 19.2 Å². The molecule has 228 valence electrons. The first-order chi connectivity index (χ1) is 21.3. The number of aromatic carboxylic acids is 1. The van der Waals surface area contributed by atoms with E-state index >= 15 is 4.39 Å². The fourth-order valence-electron chi connectivity index (χ4n) is 6.09. The van der Waals surface area contributed by atoms with Gasteiger partial charge in [-0.05, 0) is 62.5 Å². The van der Waals surface area contributed by atoms with Crippen LogP contribution in [0.3, 0.4) is 0 Å².